The monoisotopic (exact) mass is 434 g/mol. The van der Waals surface area contributed by atoms with Crippen molar-refractivity contribution in [2.75, 3.05) is 32.1 Å². The van der Waals surface area contributed by atoms with Crippen LogP contribution in [0.3, 0.4) is 0 Å². The Hall–Kier alpha value is -3.35. The minimum absolute atomic E-state index is 0.0471. The molecule has 1 spiro atoms. The van der Waals surface area contributed by atoms with Crippen molar-refractivity contribution in [2.24, 2.45) is 0 Å². The molecule has 2 aliphatic heterocycles. The molecule has 4 amide bonds. The molecule has 2 aromatic carbocycles. The Morgan fingerprint density at radius 2 is 1.69 bits per heavy atom. The first kappa shape index (κ1) is 21.9. The Kier molecular flexibility index (Phi) is 5.67. The van der Waals surface area contributed by atoms with E-state index in [2.05, 4.69) is 5.32 Å². The summed E-state index contributed by atoms with van der Waals surface area (Å²) in [6.07, 6.45) is 0.838. The third-order valence-electron chi connectivity index (χ3n) is 6.61. The standard InChI is InChI=1S/C25H30N4O3/c1-17-5-6-18(2)20(15-17)16-29-23(31)25(26-24(29)32)11-13-28(14-12-25)22(30)19-7-9-21(10-8-19)27(3)4/h5-10,15H,11-14,16H2,1-4H3,(H,26,32). The van der Waals surface area contributed by atoms with Crippen LogP contribution >= 0.6 is 0 Å². The van der Waals surface area contributed by atoms with E-state index in [1.807, 2.05) is 75.3 Å². The number of carbonyl (C=O) groups is 3. The Morgan fingerprint density at radius 1 is 1.03 bits per heavy atom. The number of hydrogen-bond acceptors (Lipinski definition) is 4. The molecule has 0 atom stereocenters. The molecule has 7 heteroatoms. The van der Waals surface area contributed by atoms with E-state index < -0.39 is 5.54 Å². The van der Waals surface area contributed by atoms with Crippen LogP contribution in [0.25, 0.3) is 0 Å². The molecule has 2 aromatic rings. The number of benzene rings is 2. The second kappa shape index (κ2) is 8.30. The van der Waals surface area contributed by atoms with Gasteiger partial charge in [0, 0.05) is 38.4 Å². The van der Waals surface area contributed by atoms with E-state index in [9.17, 15) is 14.4 Å². The van der Waals surface area contributed by atoms with E-state index in [1.54, 1.807) is 4.90 Å². The lowest BCUT2D eigenvalue weighted by atomic mass is 9.87. The smallest absolute Gasteiger partial charge is 0.325 e. The van der Waals surface area contributed by atoms with Gasteiger partial charge in [-0.2, -0.15) is 0 Å². The number of urea groups is 1. The molecule has 0 bridgehead atoms. The molecular formula is C25H30N4O3. The molecular weight excluding hydrogens is 404 g/mol. The summed E-state index contributed by atoms with van der Waals surface area (Å²) in [5.74, 6) is -0.236. The maximum Gasteiger partial charge on any atom is 0.325 e. The molecule has 2 aliphatic rings. The molecule has 1 N–H and O–H groups in total. The highest BCUT2D eigenvalue weighted by atomic mass is 16.2. The first-order valence-corrected chi connectivity index (χ1v) is 11.0. The van der Waals surface area contributed by atoms with E-state index in [-0.39, 0.29) is 24.4 Å². The molecule has 0 aliphatic carbocycles. The first-order chi connectivity index (χ1) is 15.2. The molecule has 0 saturated carbocycles. The van der Waals surface area contributed by atoms with Crippen molar-refractivity contribution in [2.45, 2.75) is 38.8 Å². The number of nitrogens with one attached hydrogen (secondary N) is 1. The molecule has 168 valence electrons. The number of amides is 4. The van der Waals surface area contributed by atoms with Gasteiger partial charge in [0.2, 0.25) is 0 Å². The highest BCUT2D eigenvalue weighted by molar-refractivity contribution is 6.07. The Labute approximate surface area is 189 Å². The predicted octanol–water partition coefficient (Wildman–Crippen LogP) is 3.10. The number of imide groups is 1. The number of nitrogens with zero attached hydrogens (tertiary/aromatic N) is 3. The van der Waals surface area contributed by atoms with Crippen LogP contribution < -0.4 is 10.2 Å². The topological polar surface area (TPSA) is 73.0 Å². The van der Waals surface area contributed by atoms with E-state index in [1.165, 1.54) is 4.90 Å². The van der Waals surface area contributed by atoms with Crippen molar-refractivity contribution in [3.63, 3.8) is 0 Å². The van der Waals surface area contributed by atoms with E-state index >= 15 is 0 Å². The van der Waals surface area contributed by atoms with Crippen LogP contribution in [-0.4, -0.2) is 60.4 Å². The van der Waals surface area contributed by atoms with Gasteiger partial charge in [0.05, 0.1) is 6.54 Å². The number of piperidine rings is 1. The zero-order valence-corrected chi connectivity index (χ0v) is 19.1. The summed E-state index contributed by atoms with van der Waals surface area (Å²) in [5.41, 5.74) is 3.86. The van der Waals surface area contributed by atoms with Crippen molar-refractivity contribution in [3.05, 3.63) is 64.7 Å². The fourth-order valence-electron chi connectivity index (χ4n) is 4.48. The lowest BCUT2D eigenvalue weighted by molar-refractivity contribution is -0.133. The summed E-state index contributed by atoms with van der Waals surface area (Å²) in [5, 5.41) is 2.94. The molecule has 4 rings (SSSR count). The van der Waals surface area contributed by atoms with Crippen molar-refractivity contribution in [1.29, 1.82) is 0 Å². The minimum atomic E-state index is -0.916. The molecule has 0 aromatic heterocycles. The van der Waals surface area contributed by atoms with Gasteiger partial charge >= 0.3 is 6.03 Å². The van der Waals surface area contributed by atoms with Gasteiger partial charge in [-0.3, -0.25) is 14.5 Å². The van der Waals surface area contributed by atoms with Crippen molar-refractivity contribution in [1.82, 2.24) is 15.1 Å². The highest BCUT2D eigenvalue weighted by Gasteiger charge is 2.52. The van der Waals surface area contributed by atoms with Crippen LogP contribution in [0.4, 0.5) is 10.5 Å². The molecule has 2 saturated heterocycles. The van der Waals surface area contributed by atoms with Crippen LogP contribution in [0.2, 0.25) is 0 Å². The average Bonchev–Trinajstić information content (AvgIpc) is 3.00. The second-order valence-electron chi connectivity index (χ2n) is 9.07. The number of aryl methyl sites for hydroxylation is 2. The van der Waals surface area contributed by atoms with Gasteiger partial charge in [-0.1, -0.05) is 23.8 Å². The lowest BCUT2D eigenvalue weighted by Crippen LogP contribution is -2.55. The fraction of sp³-hybridized carbons (Fsp3) is 0.400. The SMILES string of the molecule is Cc1ccc(C)c(CN2C(=O)NC3(CCN(C(=O)c4ccc(N(C)C)cc4)CC3)C2=O)c1. The summed E-state index contributed by atoms with van der Waals surface area (Å²) in [6.45, 7) is 5.10. The van der Waals surface area contributed by atoms with Gasteiger partial charge in [-0.05, 0) is 62.1 Å². The van der Waals surface area contributed by atoms with Crippen molar-refractivity contribution < 1.29 is 14.4 Å². The van der Waals surface area contributed by atoms with Crippen LogP contribution in [0.5, 0.6) is 0 Å². The zero-order chi connectivity index (χ0) is 23.0. The summed E-state index contributed by atoms with van der Waals surface area (Å²) in [7, 11) is 3.91. The molecule has 2 fully saturated rings. The number of carbonyl (C=O) groups excluding carboxylic acids is 3. The zero-order valence-electron chi connectivity index (χ0n) is 19.1. The number of anilines is 1. The molecule has 0 unspecified atom stereocenters. The molecule has 0 radical (unpaired) electrons. The quantitative estimate of drug-likeness (QED) is 0.751. The maximum absolute atomic E-state index is 13.3. The van der Waals surface area contributed by atoms with Crippen LogP contribution in [0, 0.1) is 13.8 Å². The van der Waals surface area contributed by atoms with Crippen molar-refractivity contribution in [3.8, 4) is 0 Å². The van der Waals surface area contributed by atoms with Crippen LogP contribution in [-0.2, 0) is 11.3 Å². The predicted molar refractivity (Wildman–Crippen MR) is 124 cm³/mol. The van der Waals surface area contributed by atoms with Gasteiger partial charge < -0.3 is 15.1 Å². The minimum Gasteiger partial charge on any atom is -0.378 e. The lowest BCUT2D eigenvalue weighted by Gasteiger charge is -2.37. The normalized spacial score (nSPS) is 17.6. The molecule has 7 nitrogen and oxygen atoms in total. The Morgan fingerprint density at radius 3 is 2.31 bits per heavy atom. The van der Waals surface area contributed by atoms with E-state index in [0.29, 0.717) is 31.5 Å². The molecule has 32 heavy (non-hydrogen) atoms. The summed E-state index contributed by atoms with van der Waals surface area (Å²) in [6, 6.07) is 13.2. The van der Waals surface area contributed by atoms with Gasteiger partial charge in [-0.25, -0.2) is 4.79 Å². The summed E-state index contributed by atoms with van der Waals surface area (Å²) < 4.78 is 0. The number of likely N-dealkylation sites (tertiary alicyclic amines) is 1. The Balaban J connectivity index is 1.43. The third-order valence-corrected chi connectivity index (χ3v) is 6.61. The highest BCUT2D eigenvalue weighted by Crippen LogP contribution is 2.31. The first-order valence-electron chi connectivity index (χ1n) is 11.0. The van der Waals surface area contributed by atoms with Gasteiger partial charge in [-0.15, -0.1) is 0 Å². The average molecular weight is 435 g/mol. The summed E-state index contributed by atoms with van der Waals surface area (Å²) >= 11 is 0. The van der Waals surface area contributed by atoms with Gasteiger partial charge in [0.1, 0.15) is 5.54 Å². The Bertz CT molecular complexity index is 1050. The van der Waals surface area contributed by atoms with Crippen LogP contribution in [0.1, 0.15) is 39.9 Å². The van der Waals surface area contributed by atoms with E-state index in [0.717, 1.165) is 22.4 Å². The fourth-order valence-corrected chi connectivity index (χ4v) is 4.48. The second-order valence-corrected chi connectivity index (χ2v) is 9.07. The van der Waals surface area contributed by atoms with E-state index in [4.69, 9.17) is 0 Å². The summed E-state index contributed by atoms with van der Waals surface area (Å²) in [4.78, 5) is 44.0. The van der Waals surface area contributed by atoms with Crippen LogP contribution in [0.15, 0.2) is 42.5 Å². The van der Waals surface area contributed by atoms with Crippen molar-refractivity contribution >= 4 is 23.5 Å². The molecule has 2 heterocycles. The number of hydrogen-bond donors (Lipinski definition) is 1. The van der Waals surface area contributed by atoms with Gasteiger partial charge in [0.15, 0.2) is 0 Å². The van der Waals surface area contributed by atoms with Gasteiger partial charge in [0.25, 0.3) is 11.8 Å². The number of rotatable bonds is 4. The maximum atomic E-state index is 13.3. The third kappa shape index (κ3) is 3.95. The largest absolute Gasteiger partial charge is 0.378 e.